The summed E-state index contributed by atoms with van der Waals surface area (Å²) in [6.07, 6.45) is 63.2. The molecule has 0 radical (unpaired) electrons. The number of nitrogens with one attached hydrogen (secondary N) is 1. The van der Waals surface area contributed by atoms with Gasteiger partial charge in [-0.3, -0.25) is 4.79 Å². The fourth-order valence-electron chi connectivity index (χ4n) is 5.33. The van der Waals surface area contributed by atoms with E-state index in [0.717, 1.165) is 89.9 Å². The summed E-state index contributed by atoms with van der Waals surface area (Å²) in [6.45, 7) is 4.12. The number of aliphatic hydroxyl groups is 2. The van der Waals surface area contributed by atoms with Crippen molar-refractivity contribution in [3.63, 3.8) is 0 Å². The van der Waals surface area contributed by atoms with Gasteiger partial charge in [-0.1, -0.05) is 168 Å². The highest BCUT2D eigenvalue weighted by Gasteiger charge is 2.17. The minimum atomic E-state index is -0.883. The first-order chi connectivity index (χ1) is 25.2. The lowest BCUT2D eigenvalue weighted by atomic mass is 10.1. The van der Waals surface area contributed by atoms with Crippen molar-refractivity contribution in [1.29, 1.82) is 0 Å². The second-order valence-corrected chi connectivity index (χ2v) is 13.3. The van der Waals surface area contributed by atoms with Gasteiger partial charge in [-0.25, -0.2) is 0 Å². The molecule has 0 fully saturated rings. The molecule has 4 nitrogen and oxygen atoms in total. The topological polar surface area (TPSA) is 69.6 Å². The van der Waals surface area contributed by atoms with Crippen LogP contribution in [0, 0.1) is 0 Å². The van der Waals surface area contributed by atoms with Gasteiger partial charge in [0, 0.05) is 6.42 Å². The van der Waals surface area contributed by atoms with Crippen LogP contribution in [0.5, 0.6) is 0 Å². The summed E-state index contributed by atoms with van der Waals surface area (Å²) in [6, 6.07) is -0.660. The second-order valence-electron chi connectivity index (χ2n) is 13.3. The normalized spacial score (nSPS) is 14.2. The number of aliphatic hydroxyl groups excluding tert-OH is 2. The van der Waals surface area contributed by atoms with Crippen LogP contribution >= 0.6 is 0 Å². The third kappa shape index (κ3) is 38.1. The number of carbonyl (C=O) groups excluding carboxylic acids is 1. The summed E-state index contributed by atoms with van der Waals surface area (Å²) < 4.78 is 0. The zero-order valence-electron chi connectivity index (χ0n) is 32.8. The van der Waals surface area contributed by atoms with E-state index in [2.05, 4.69) is 116 Å². The monoisotopic (exact) mass is 704 g/mol. The van der Waals surface area contributed by atoms with Gasteiger partial charge >= 0.3 is 0 Å². The molecular formula is C47H77NO3. The Morgan fingerprint density at radius 1 is 0.490 bits per heavy atom. The minimum absolute atomic E-state index is 0.0999. The van der Waals surface area contributed by atoms with Gasteiger partial charge in [0.25, 0.3) is 0 Å². The van der Waals surface area contributed by atoms with Crippen molar-refractivity contribution in [2.45, 2.75) is 174 Å². The molecule has 0 heterocycles. The van der Waals surface area contributed by atoms with E-state index in [4.69, 9.17) is 0 Å². The zero-order valence-corrected chi connectivity index (χ0v) is 32.8. The van der Waals surface area contributed by atoms with Crippen molar-refractivity contribution in [3.8, 4) is 0 Å². The zero-order chi connectivity index (χ0) is 37.1. The number of hydrogen-bond acceptors (Lipinski definition) is 3. The molecule has 0 aliphatic heterocycles. The van der Waals surface area contributed by atoms with E-state index in [1.165, 1.54) is 51.4 Å². The summed E-state index contributed by atoms with van der Waals surface area (Å²) in [7, 11) is 0. The average molecular weight is 704 g/mol. The van der Waals surface area contributed by atoms with Crippen molar-refractivity contribution in [3.05, 3.63) is 109 Å². The van der Waals surface area contributed by atoms with Gasteiger partial charge in [0.05, 0.1) is 18.8 Å². The molecule has 0 saturated heterocycles. The van der Waals surface area contributed by atoms with Crippen LogP contribution in [0.4, 0.5) is 0 Å². The summed E-state index contributed by atoms with van der Waals surface area (Å²) in [5.74, 6) is -0.0999. The van der Waals surface area contributed by atoms with Crippen molar-refractivity contribution >= 4 is 5.91 Å². The molecule has 0 saturated carbocycles. The summed E-state index contributed by atoms with van der Waals surface area (Å²) in [5, 5.41) is 22.9. The number of carbonyl (C=O) groups is 1. The van der Waals surface area contributed by atoms with Crippen molar-refractivity contribution < 1.29 is 15.0 Å². The fourth-order valence-corrected chi connectivity index (χ4v) is 5.33. The average Bonchev–Trinajstić information content (AvgIpc) is 3.13. The first-order valence-electron chi connectivity index (χ1n) is 20.6. The molecule has 0 spiro atoms. The number of amides is 1. The summed E-state index contributed by atoms with van der Waals surface area (Å²) in [5.41, 5.74) is 0. The third-order valence-corrected chi connectivity index (χ3v) is 8.47. The van der Waals surface area contributed by atoms with Gasteiger partial charge in [0.15, 0.2) is 0 Å². The molecule has 4 heteroatoms. The Morgan fingerprint density at radius 3 is 1.37 bits per heavy atom. The Morgan fingerprint density at radius 2 is 0.882 bits per heavy atom. The highest BCUT2D eigenvalue weighted by atomic mass is 16.3. The molecule has 0 aromatic heterocycles. The molecule has 2 atom stereocenters. The lowest BCUT2D eigenvalue weighted by Gasteiger charge is -2.19. The van der Waals surface area contributed by atoms with Crippen LogP contribution < -0.4 is 5.32 Å². The van der Waals surface area contributed by atoms with Crippen LogP contribution in [0.25, 0.3) is 0 Å². The van der Waals surface area contributed by atoms with Crippen LogP contribution in [0.3, 0.4) is 0 Å². The molecule has 0 aliphatic rings. The molecule has 1 amide bonds. The van der Waals surface area contributed by atoms with Gasteiger partial charge < -0.3 is 15.5 Å². The van der Waals surface area contributed by atoms with E-state index in [1.807, 2.05) is 6.08 Å². The Hall–Kier alpha value is -2.95. The molecule has 0 rings (SSSR count). The lowest BCUT2D eigenvalue weighted by Crippen LogP contribution is -2.45. The standard InChI is InChI=1S/C47H77NO3/c1-3-5-7-9-11-13-15-17-19-20-21-22-23-24-25-26-27-28-29-31-33-35-37-39-41-43-47(51)48-45(44-49)46(50)42-40-38-36-34-32-30-18-16-14-12-10-8-6-4-2/h5,7,11,13-14,16-17,19,21-22,24-25,27-28,32,34,40,42,45-46,49-50H,3-4,6,8-10,12,15,18,20,23,26,29-31,33,35-39,41,43-44H2,1-2H3,(H,48,51)/b7-5-,13-11-,16-14+,19-17-,22-21-,25-24-,28-27-,34-32+,42-40+. The van der Waals surface area contributed by atoms with E-state index in [-0.39, 0.29) is 12.5 Å². The van der Waals surface area contributed by atoms with E-state index in [1.54, 1.807) is 6.08 Å². The second kappa shape index (κ2) is 41.5. The van der Waals surface area contributed by atoms with Crippen LogP contribution in [0.2, 0.25) is 0 Å². The molecule has 2 unspecified atom stereocenters. The Balaban J connectivity index is 3.74. The Bertz CT molecular complexity index is 1030. The molecule has 0 aromatic rings. The van der Waals surface area contributed by atoms with Crippen LogP contribution in [0.15, 0.2) is 109 Å². The van der Waals surface area contributed by atoms with Crippen LogP contribution in [-0.4, -0.2) is 34.9 Å². The quantitative estimate of drug-likeness (QED) is 0.0454. The lowest BCUT2D eigenvalue weighted by molar-refractivity contribution is -0.123. The van der Waals surface area contributed by atoms with Crippen molar-refractivity contribution in [2.24, 2.45) is 0 Å². The van der Waals surface area contributed by atoms with Gasteiger partial charge in [-0.15, -0.1) is 0 Å². The predicted octanol–water partition coefficient (Wildman–Crippen LogP) is 12.8. The number of unbranched alkanes of at least 4 members (excludes halogenated alkanes) is 12. The summed E-state index contributed by atoms with van der Waals surface area (Å²) >= 11 is 0. The maximum atomic E-state index is 12.4. The maximum absolute atomic E-state index is 12.4. The SMILES string of the molecule is CC/C=C\C/C=C\C/C=C\C/C=C\C/C=C\C/C=C\CCCCCCCCC(=O)NC(CO)C(O)/C=C/CC/C=C/CC/C=C/CCCCCC. The van der Waals surface area contributed by atoms with Crippen molar-refractivity contribution in [2.75, 3.05) is 6.61 Å². The highest BCUT2D eigenvalue weighted by Crippen LogP contribution is 2.10. The fraction of sp³-hybridized carbons (Fsp3) is 0.596. The van der Waals surface area contributed by atoms with E-state index in [0.29, 0.717) is 6.42 Å². The van der Waals surface area contributed by atoms with Gasteiger partial charge in [0.1, 0.15) is 0 Å². The molecule has 0 bridgehead atoms. The molecular weight excluding hydrogens is 627 g/mol. The largest absolute Gasteiger partial charge is 0.394 e. The van der Waals surface area contributed by atoms with E-state index in [9.17, 15) is 15.0 Å². The van der Waals surface area contributed by atoms with Gasteiger partial charge in [-0.2, -0.15) is 0 Å². The first-order valence-corrected chi connectivity index (χ1v) is 20.6. The molecule has 3 N–H and O–H groups in total. The summed E-state index contributed by atoms with van der Waals surface area (Å²) in [4.78, 5) is 12.4. The Labute approximate surface area is 315 Å². The smallest absolute Gasteiger partial charge is 0.220 e. The number of allylic oxidation sites excluding steroid dienone is 17. The molecule has 51 heavy (non-hydrogen) atoms. The van der Waals surface area contributed by atoms with Crippen molar-refractivity contribution in [1.82, 2.24) is 5.32 Å². The third-order valence-electron chi connectivity index (χ3n) is 8.47. The van der Waals surface area contributed by atoms with Crippen LogP contribution in [-0.2, 0) is 4.79 Å². The minimum Gasteiger partial charge on any atom is -0.394 e. The van der Waals surface area contributed by atoms with E-state index >= 15 is 0 Å². The van der Waals surface area contributed by atoms with Gasteiger partial charge in [0.2, 0.25) is 5.91 Å². The van der Waals surface area contributed by atoms with Crippen LogP contribution in [0.1, 0.15) is 162 Å². The van der Waals surface area contributed by atoms with Gasteiger partial charge in [-0.05, 0) is 96.3 Å². The maximum Gasteiger partial charge on any atom is 0.220 e. The predicted molar refractivity (Wildman–Crippen MR) is 225 cm³/mol. The molecule has 0 aromatic carbocycles. The molecule has 0 aliphatic carbocycles. The Kier molecular flexibility index (Phi) is 39.1. The highest BCUT2D eigenvalue weighted by molar-refractivity contribution is 5.76. The van der Waals surface area contributed by atoms with E-state index < -0.39 is 12.1 Å². The molecule has 288 valence electrons. The number of hydrogen-bond donors (Lipinski definition) is 3. The first kappa shape index (κ1) is 48.1. The number of rotatable bonds is 35.